The Morgan fingerprint density at radius 2 is 2.05 bits per heavy atom. The second-order valence-electron chi connectivity index (χ2n) is 5.48. The minimum Gasteiger partial charge on any atom is -0.336 e. The van der Waals surface area contributed by atoms with Gasteiger partial charge in [-0.05, 0) is 37.8 Å². The number of benzene rings is 1. The molecule has 6 heteroatoms. The van der Waals surface area contributed by atoms with Crippen LogP contribution in [0.2, 0.25) is 0 Å². The summed E-state index contributed by atoms with van der Waals surface area (Å²) in [4.78, 5) is 14.5. The fraction of sp³-hybridized carbons (Fsp3) is 0.533. The van der Waals surface area contributed by atoms with E-state index in [4.69, 9.17) is 5.14 Å². The van der Waals surface area contributed by atoms with E-state index in [1.54, 1.807) is 18.2 Å². The number of hydrogen-bond donors (Lipinski definition) is 1. The summed E-state index contributed by atoms with van der Waals surface area (Å²) >= 11 is 0. The molecule has 0 aliphatic carbocycles. The van der Waals surface area contributed by atoms with Crippen molar-refractivity contribution in [2.24, 2.45) is 5.14 Å². The van der Waals surface area contributed by atoms with Gasteiger partial charge in [0, 0.05) is 12.6 Å². The van der Waals surface area contributed by atoms with Gasteiger partial charge in [-0.2, -0.15) is 0 Å². The first-order valence-corrected chi connectivity index (χ1v) is 8.92. The van der Waals surface area contributed by atoms with E-state index in [2.05, 4.69) is 6.92 Å². The van der Waals surface area contributed by atoms with Gasteiger partial charge in [-0.15, -0.1) is 0 Å². The van der Waals surface area contributed by atoms with E-state index in [1.807, 2.05) is 4.90 Å². The SMILES string of the molecule is CCCC1CCCCN1C(=O)c1ccccc1S(N)(=O)=O. The smallest absolute Gasteiger partial charge is 0.255 e. The van der Waals surface area contributed by atoms with E-state index < -0.39 is 10.0 Å². The molecule has 1 aromatic carbocycles. The molecule has 0 aromatic heterocycles. The van der Waals surface area contributed by atoms with E-state index in [0.29, 0.717) is 6.54 Å². The van der Waals surface area contributed by atoms with Crippen LogP contribution in [0.4, 0.5) is 0 Å². The summed E-state index contributed by atoms with van der Waals surface area (Å²) in [5.41, 5.74) is 0.183. The molecule has 116 valence electrons. The number of nitrogens with two attached hydrogens (primary N) is 1. The van der Waals surface area contributed by atoms with Crippen molar-refractivity contribution in [1.82, 2.24) is 4.90 Å². The van der Waals surface area contributed by atoms with Crippen LogP contribution >= 0.6 is 0 Å². The van der Waals surface area contributed by atoms with Crippen molar-refractivity contribution in [3.05, 3.63) is 29.8 Å². The fourth-order valence-corrected chi connectivity index (χ4v) is 3.68. The van der Waals surface area contributed by atoms with Gasteiger partial charge >= 0.3 is 0 Å². The summed E-state index contributed by atoms with van der Waals surface area (Å²) in [6.07, 6.45) is 5.01. The van der Waals surface area contributed by atoms with Gasteiger partial charge < -0.3 is 4.90 Å². The second-order valence-corrected chi connectivity index (χ2v) is 7.01. The van der Waals surface area contributed by atoms with Crippen molar-refractivity contribution in [2.75, 3.05) is 6.54 Å². The van der Waals surface area contributed by atoms with Crippen LogP contribution in [-0.2, 0) is 10.0 Å². The highest BCUT2D eigenvalue weighted by Crippen LogP contribution is 2.25. The van der Waals surface area contributed by atoms with E-state index >= 15 is 0 Å². The third kappa shape index (κ3) is 3.63. The highest BCUT2D eigenvalue weighted by molar-refractivity contribution is 7.89. The lowest BCUT2D eigenvalue weighted by Crippen LogP contribution is -2.44. The van der Waals surface area contributed by atoms with Crippen LogP contribution in [0.25, 0.3) is 0 Å². The first kappa shape index (κ1) is 16.0. The normalized spacial score (nSPS) is 19.5. The summed E-state index contributed by atoms with van der Waals surface area (Å²) in [5, 5.41) is 5.22. The van der Waals surface area contributed by atoms with Crippen LogP contribution in [0, 0.1) is 0 Å². The van der Waals surface area contributed by atoms with Crippen LogP contribution in [0.1, 0.15) is 49.4 Å². The van der Waals surface area contributed by atoms with E-state index in [0.717, 1.165) is 32.1 Å². The molecule has 1 fully saturated rings. The highest BCUT2D eigenvalue weighted by Gasteiger charge is 2.29. The maximum absolute atomic E-state index is 12.8. The minimum atomic E-state index is -3.89. The summed E-state index contributed by atoms with van der Waals surface area (Å²) < 4.78 is 23.3. The van der Waals surface area contributed by atoms with Crippen molar-refractivity contribution >= 4 is 15.9 Å². The van der Waals surface area contributed by atoms with Crippen molar-refractivity contribution in [1.29, 1.82) is 0 Å². The van der Waals surface area contributed by atoms with Gasteiger partial charge in [-0.25, -0.2) is 13.6 Å². The van der Waals surface area contributed by atoms with Gasteiger partial charge in [0.2, 0.25) is 10.0 Å². The summed E-state index contributed by atoms with van der Waals surface area (Å²) in [6.45, 7) is 2.78. The lowest BCUT2D eigenvalue weighted by Gasteiger charge is -2.36. The van der Waals surface area contributed by atoms with Crippen LogP contribution in [0.3, 0.4) is 0 Å². The Labute approximate surface area is 126 Å². The number of amides is 1. The molecule has 2 N–H and O–H groups in total. The molecule has 1 unspecified atom stereocenters. The summed E-state index contributed by atoms with van der Waals surface area (Å²) in [7, 11) is -3.89. The summed E-state index contributed by atoms with van der Waals surface area (Å²) in [6, 6.07) is 6.38. The topological polar surface area (TPSA) is 80.5 Å². The predicted molar refractivity (Wildman–Crippen MR) is 81.4 cm³/mol. The van der Waals surface area contributed by atoms with Crippen LogP contribution in [0.15, 0.2) is 29.2 Å². The van der Waals surface area contributed by atoms with Gasteiger partial charge in [-0.3, -0.25) is 4.79 Å². The molecule has 1 aromatic rings. The molecule has 21 heavy (non-hydrogen) atoms. The molecule has 1 saturated heterocycles. The molecule has 5 nitrogen and oxygen atoms in total. The molecule has 1 aliphatic rings. The third-order valence-corrected chi connectivity index (χ3v) is 4.90. The highest BCUT2D eigenvalue weighted by atomic mass is 32.2. The molecule has 0 saturated carbocycles. The number of nitrogens with zero attached hydrogens (tertiary/aromatic N) is 1. The quantitative estimate of drug-likeness (QED) is 0.925. The lowest BCUT2D eigenvalue weighted by molar-refractivity contribution is 0.0596. The summed E-state index contributed by atoms with van der Waals surface area (Å²) in [5.74, 6) is -0.224. The van der Waals surface area contributed by atoms with Crippen molar-refractivity contribution in [3.8, 4) is 0 Å². The average Bonchev–Trinajstić information content (AvgIpc) is 2.46. The molecule has 1 aliphatic heterocycles. The molecule has 2 rings (SSSR count). The molecule has 1 heterocycles. The average molecular weight is 310 g/mol. The fourth-order valence-electron chi connectivity index (χ4n) is 2.95. The van der Waals surface area contributed by atoms with E-state index in [1.165, 1.54) is 6.07 Å². The molecule has 1 atom stereocenters. The first-order chi connectivity index (χ1) is 9.95. The number of hydrogen-bond acceptors (Lipinski definition) is 3. The Morgan fingerprint density at radius 3 is 2.71 bits per heavy atom. The maximum Gasteiger partial charge on any atom is 0.255 e. The Morgan fingerprint density at radius 1 is 1.33 bits per heavy atom. The molecule has 1 amide bonds. The number of rotatable bonds is 4. The molecular weight excluding hydrogens is 288 g/mol. The number of carbonyl (C=O) groups is 1. The minimum absolute atomic E-state index is 0.0872. The second kappa shape index (κ2) is 6.58. The molecule has 0 bridgehead atoms. The van der Waals surface area contributed by atoms with Gasteiger partial charge in [0.25, 0.3) is 5.91 Å². The molecule has 0 spiro atoms. The van der Waals surface area contributed by atoms with Crippen molar-refractivity contribution in [3.63, 3.8) is 0 Å². The van der Waals surface area contributed by atoms with Gasteiger partial charge in [0.05, 0.1) is 10.5 Å². The number of primary sulfonamides is 1. The monoisotopic (exact) mass is 310 g/mol. The van der Waals surface area contributed by atoms with Gasteiger partial charge in [0.1, 0.15) is 0 Å². The van der Waals surface area contributed by atoms with Crippen LogP contribution in [-0.4, -0.2) is 31.8 Å². The predicted octanol–water partition coefficient (Wildman–Crippen LogP) is 2.13. The number of piperidine rings is 1. The zero-order valence-electron chi connectivity index (χ0n) is 12.3. The van der Waals surface area contributed by atoms with Gasteiger partial charge in [-0.1, -0.05) is 25.5 Å². The zero-order valence-corrected chi connectivity index (χ0v) is 13.1. The Kier molecular flexibility index (Phi) is 5.00. The van der Waals surface area contributed by atoms with Crippen LogP contribution in [0.5, 0.6) is 0 Å². The first-order valence-electron chi connectivity index (χ1n) is 7.38. The molecular formula is C15H22N2O3S. The maximum atomic E-state index is 12.8. The third-order valence-electron chi connectivity index (χ3n) is 3.93. The van der Waals surface area contributed by atoms with Crippen LogP contribution < -0.4 is 5.14 Å². The standard InChI is InChI=1S/C15H22N2O3S/c1-2-7-12-8-5-6-11-17(12)15(18)13-9-3-4-10-14(13)21(16,19)20/h3-4,9-10,12H,2,5-8,11H2,1H3,(H2,16,19,20). The number of likely N-dealkylation sites (tertiary alicyclic amines) is 1. The lowest BCUT2D eigenvalue weighted by atomic mass is 9.97. The zero-order chi connectivity index (χ0) is 15.5. The van der Waals surface area contributed by atoms with E-state index in [-0.39, 0.29) is 22.4 Å². The largest absolute Gasteiger partial charge is 0.336 e. The number of carbonyl (C=O) groups excluding carboxylic acids is 1. The molecule has 0 radical (unpaired) electrons. The van der Waals surface area contributed by atoms with Gasteiger partial charge in [0.15, 0.2) is 0 Å². The van der Waals surface area contributed by atoms with Crippen molar-refractivity contribution in [2.45, 2.75) is 50.0 Å². The van der Waals surface area contributed by atoms with E-state index in [9.17, 15) is 13.2 Å². The Bertz CT molecular complexity index is 611. The Hall–Kier alpha value is -1.40. The van der Waals surface area contributed by atoms with Crippen molar-refractivity contribution < 1.29 is 13.2 Å². The Balaban J connectivity index is 2.35. The number of sulfonamides is 1.